The summed E-state index contributed by atoms with van der Waals surface area (Å²) in [5.74, 6) is 0.0671. The summed E-state index contributed by atoms with van der Waals surface area (Å²) >= 11 is 0. The number of aromatic carboxylic acids is 1. The third kappa shape index (κ3) is 7.23. The molecule has 0 unspecified atom stereocenters. The number of rotatable bonds is 11. The molecular weight excluding hydrogens is 585 g/mol. The average Bonchev–Trinajstić information content (AvgIpc) is 3.02. The molecule has 0 aliphatic carbocycles. The molecule has 1 N–H and O–H groups in total. The molecule has 236 valence electrons. The van der Waals surface area contributed by atoms with E-state index in [1.807, 2.05) is 13.8 Å². The van der Waals surface area contributed by atoms with Gasteiger partial charge in [0, 0.05) is 51.9 Å². The molecule has 3 aromatic rings. The number of piperidine rings is 1. The Hall–Kier alpha value is -3.51. The lowest BCUT2D eigenvalue weighted by Crippen LogP contribution is -2.53. The first-order chi connectivity index (χ1) is 21.2. The van der Waals surface area contributed by atoms with Crippen LogP contribution in [0.5, 0.6) is 11.5 Å². The SMILES string of the molecule is CCOc1cc(CN2CCN(C3CCN(S(=O)(=O)c4ccc(C(=O)O)cc4)CC3)CC2)cc(OCC)c1-c1ccc(F)cc1. The van der Waals surface area contributed by atoms with Crippen LogP contribution in [-0.4, -0.2) is 92.1 Å². The fourth-order valence-electron chi connectivity index (χ4n) is 6.09. The second-order valence-corrected chi connectivity index (χ2v) is 13.1. The van der Waals surface area contributed by atoms with Gasteiger partial charge in [0.1, 0.15) is 17.3 Å². The number of hydrogen-bond acceptors (Lipinski definition) is 7. The molecule has 9 nitrogen and oxygen atoms in total. The van der Waals surface area contributed by atoms with Crippen molar-refractivity contribution in [2.45, 2.75) is 44.2 Å². The van der Waals surface area contributed by atoms with E-state index in [2.05, 4.69) is 21.9 Å². The number of halogens is 1. The topological polar surface area (TPSA) is 99.6 Å². The summed E-state index contributed by atoms with van der Waals surface area (Å²) < 4.78 is 53.5. The minimum Gasteiger partial charge on any atom is -0.493 e. The molecule has 11 heteroatoms. The lowest BCUT2D eigenvalue weighted by Gasteiger charge is -2.42. The highest BCUT2D eigenvalue weighted by Gasteiger charge is 2.33. The number of hydrogen-bond donors (Lipinski definition) is 1. The maximum absolute atomic E-state index is 13.6. The Kier molecular flexibility index (Phi) is 10.2. The van der Waals surface area contributed by atoms with E-state index in [0.29, 0.717) is 32.3 Å². The molecule has 44 heavy (non-hydrogen) atoms. The molecule has 0 aromatic heterocycles. The van der Waals surface area contributed by atoms with Gasteiger partial charge in [0.15, 0.2) is 0 Å². The van der Waals surface area contributed by atoms with Crippen molar-refractivity contribution in [3.05, 3.63) is 77.6 Å². The zero-order chi connectivity index (χ0) is 31.3. The highest BCUT2D eigenvalue weighted by atomic mass is 32.2. The average molecular weight is 626 g/mol. The summed E-state index contributed by atoms with van der Waals surface area (Å²) in [6.45, 7) is 10.1. The number of sulfonamides is 1. The molecule has 0 saturated carbocycles. The Morgan fingerprint density at radius 1 is 0.864 bits per heavy atom. The van der Waals surface area contributed by atoms with Gasteiger partial charge in [0.05, 0.1) is 29.2 Å². The van der Waals surface area contributed by atoms with Gasteiger partial charge in [-0.25, -0.2) is 17.6 Å². The number of carboxylic acids is 1. The Balaban J connectivity index is 1.19. The van der Waals surface area contributed by atoms with E-state index in [1.54, 1.807) is 12.1 Å². The zero-order valence-corrected chi connectivity index (χ0v) is 26.1. The third-order valence-corrected chi connectivity index (χ3v) is 10.3. The van der Waals surface area contributed by atoms with Crippen LogP contribution >= 0.6 is 0 Å². The summed E-state index contributed by atoms with van der Waals surface area (Å²) in [6, 6.07) is 16.2. The van der Waals surface area contributed by atoms with Crippen molar-refractivity contribution >= 4 is 16.0 Å². The van der Waals surface area contributed by atoms with E-state index >= 15 is 0 Å². The van der Waals surface area contributed by atoms with Crippen LogP contribution < -0.4 is 9.47 Å². The number of ether oxygens (including phenoxy) is 2. The van der Waals surface area contributed by atoms with Gasteiger partial charge in [-0.1, -0.05) is 12.1 Å². The highest BCUT2D eigenvalue weighted by molar-refractivity contribution is 7.89. The molecule has 0 spiro atoms. The first-order valence-corrected chi connectivity index (χ1v) is 16.6. The smallest absolute Gasteiger partial charge is 0.335 e. The molecule has 5 rings (SSSR count). The monoisotopic (exact) mass is 625 g/mol. The molecule has 2 fully saturated rings. The van der Waals surface area contributed by atoms with Crippen LogP contribution in [0.4, 0.5) is 4.39 Å². The molecule has 2 aliphatic rings. The standard InChI is InChI=1S/C33H40FN3O6S/c1-3-42-30-21-24(22-31(43-4-2)32(30)25-5-9-27(34)10-6-25)23-35-17-19-36(20-18-35)28-13-15-37(16-14-28)44(40,41)29-11-7-26(8-12-29)33(38)39/h5-12,21-22,28H,3-4,13-20,23H2,1-2H3,(H,38,39). The first kappa shape index (κ1) is 31.9. The second-order valence-electron chi connectivity index (χ2n) is 11.1. The van der Waals surface area contributed by atoms with Crippen LogP contribution in [0.25, 0.3) is 11.1 Å². The predicted molar refractivity (Wildman–Crippen MR) is 166 cm³/mol. The van der Waals surface area contributed by atoms with Gasteiger partial charge in [-0.15, -0.1) is 0 Å². The van der Waals surface area contributed by atoms with E-state index in [0.717, 1.165) is 73.8 Å². The summed E-state index contributed by atoms with van der Waals surface area (Å²) in [5, 5.41) is 9.10. The lowest BCUT2D eigenvalue weighted by atomic mass is 10.00. The molecular formula is C33H40FN3O6S. The minimum atomic E-state index is -3.66. The van der Waals surface area contributed by atoms with E-state index in [9.17, 15) is 17.6 Å². The maximum atomic E-state index is 13.6. The molecule has 0 bridgehead atoms. The Bertz CT molecular complexity index is 1510. The molecule has 0 radical (unpaired) electrons. The van der Waals surface area contributed by atoms with Crippen molar-refractivity contribution in [3.8, 4) is 22.6 Å². The van der Waals surface area contributed by atoms with Gasteiger partial charge < -0.3 is 14.6 Å². The van der Waals surface area contributed by atoms with Gasteiger partial charge >= 0.3 is 5.97 Å². The van der Waals surface area contributed by atoms with E-state index in [1.165, 1.54) is 40.7 Å². The van der Waals surface area contributed by atoms with Crippen LogP contribution in [0, 0.1) is 5.82 Å². The summed E-state index contributed by atoms with van der Waals surface area (Å²) in [7, 11) is -3.66. The second kappa shape index (κ2) is 14.1. The largest absolute Gasteiger partial charge is 0.493 e. The highest BCUT2D eigenvalue weighted by Crippen LogP contribution is 2.40. The molecule has 0 atom stereocenters. The van der Waals surface area contributed by atoms with Crippen LogP contribution in [-0.2, 0) is 16.6 Å². The van der Waals surface area contributed by atoms with Crippen molar-refractivity contribution in [3.63, 3.8) is 0 Å². The van der Waals surface area contributed by atoms with Gasteiger partial charge in [0.25, 0.3) is 0 Å². The quantitative estimate of drug-likeness (QED) is 0.319. The van der Waals surface area contributed by atoms with Crippen molar-refractivity contribution < 1.29 is 32.2 Å². The maximum Gasteiger partial charge on any atom is 0.335 e. The molecule has 2 heterocycles. The predicted octanol–water partition coefficient (Wildman–Crippen LogP) is 4.96. The van der Waals surface area contributed by atoms with Gasteiger partial charge in [-0.05, 0) is 86.3 Å². The Morgan fingerprint density at radius 2 is 1.43 bits per heavy atom. The van der Waals surface area contributed by atoms with Crippen LogP contribution in [0.15, 0.2) is 65.6 Å². The van der Waals surface area contributed by atoms with E-state index in [4.69, 9.17) is 14.6 Å². The van der Waals surface area contributed by atoms with Gasteiger partial charge in [0.2, 0.25) is 10.0 Å². The molecule has 3 aromatic carbocycles. The van der Waals surface area contributed by atoms with E-state index < -0.39 is 16.0 Å². The summed E-state index contributed by atoms with van der Waals surface area (Å²) in [4.78, 5) is 16.1. The van der Waals surface area contributed by atoms with Crippen molar-refractivity contribution in [2.75, 3.05) is 52.5 Å². The van der Waals surface area contributed by atoms with Crippen molar-refractivity contribution in [1.82, 2.24) is 14.1 Å². The normalized spacial score (nSPS) is 17.4. The Labute approximate surface area is 258 Å². The summed E-state index contributed by atoms with van der Waals surface area (Å²) in [6.07, 6.45) is 1.51. The number of nitrogens with zero attached hydrogens (tertiary/aromatic N) is 3. The van der Waals surface area contributed by atoms with Crippen LogP contribution in [0.2, 0.25) is 0 Å². The number of piperazine rings is 1. The summed E-state index contributed by atoms with van der Waals surface area (Å²) in [5.41, 5.74) is 2.82. The third-order valence-electron chi connectivity index (χ3n) is 8.35. The molecule has 2 aliphatic heterocycles. The lowest BCUT2D eigenvalue weighted by molar-refractivity contribution is 0.0691. The van der Waals surface area contributed by atoms with Crippen molar-refractivity contribution in [2.24, 2.45) is 0 Å². The fourth-order valence-corrected chi connectivity index (χ4v) is 7.56. The number of carboxylic acid groups (broad SMARTS) is 1. The van der Waals surface area contributed by atoms with Gasteiger partial charge in [-0.2, -0.15) is 4.31 Å². The first-order valence-electron chi connectivity index (χ1n) is 15.2. The fraction of sp³-hybridized carbons (Fsp3) is 0.424. The minimum absolute atomic E-state index is 0.0632. The Morgan fingerprint density at radius 3 is 1.95 bits per heavy atom. The van der Waals surface area contributed by atoms with E-state index in [-0.39, 0.29) is 16.3 Å². The zero-order valence-electron chi connectivity index (χ0n) is 25.2. The van der Waals surface area contributed by atoms with Crippen LogP contribution in [0.3, 0.4) is 0 Å². The number of carbonyl (C=O) groups is 1. The molecule has 2 saturated heterocycles. The van der Waals surface area contributed by atoms with Gasteiger partial charge in [-0.3, -0.25) is 9.80 Å². The molecule has 0 amide bonds. The number of benzene rings is 3. The van der Waals surface area contributed by atoms with Crippen LogP contribution in [0.1, 0.15) is 42.6 Å². The van der Waals surface area contributed by atoms with Crippen molar-refractivity contribution in [1.29, 1.82) is 0 Å².